The summed E-state index contributed by atoms with van der Waals surface area (Å²) in [6.07, 6.45) is -3.34. The molecule has 128 valence electrons. The lowest BCUT2D eigenvalue weighted by molar-refractivity contribution is -0.274. The molecule has 1 N–H and O–H groups in total. The van der Waals surface area contributed by atoms with Gasteiger partial charge in [0.15, 0.2) is 0 Å². The van der Waals surface area contributed by atoms with Gasteiger partial charge in [-0.25, -0.2) is 0 Å². The van der Waals surface area contributed by atoms with Crippen molar-refractivity contribution in [3.05, 3.63) is 29.8 Å². The third kappa shape index (κ3) is 3.77. The number of hydrogen-bond acceptors (Lipinski definition) is 4. The number of alkyl halides is 3. The SMILES string of the molecule is CCOC(=O)[C@]1(c2ccc(OC(F)(F)F)cc2)CCCC[C@H]1O. The molecule has 1 aliphatic rings. The summed E-state index contributed by atoms with van der Waals surface area (Å²) in [7, 11) is 0. The largest absolute Gasteiger partial charge is 0.573 e. The summed E-state index contributed by atoms with van der Waals surface area (Å²) in [5.41, 5.74) is -0.789. The molecule has 1 saturated carbocycles. The van der Waals surface area contributed by atoms with Crippen molar-refractivity contribution in [2.45, 2.75) is 50.5 Å². The van der Waals surface area contributed by atoms with Gasteiger partial charge in [-0.05, 0) is 37.5 Å². The zero-order valence-corrected chi connectivity index (χ0v) is 12.7. The second-order valence-electron chi connectivity index (χ2n) is 5.53. The molecule has 0 bridgehead atoms. The van der Waals surface area contributed by atoms with E-state index in [0.29, 0.717) is 18.4 Å². The van der Waals surface area contributed by atoms with Crippen molar-refractivity contribution < 1.29 is 32.5 Å². The highest BCUT2D eigenvalue weighted by Gasteiger charge is 2.49. The molecule has 1 aromatic carbocycles. The maximum absolute atomic E-state index is 12.5. The van der Waals surface area contributed by atoms with Crippen LogP contribution in [-0.4, -0.2) is 30.1 Å². The molecule has 1 aromatic rings. The zero-order chi connectivity index (χ0) is 17.1. The Morgan fingerprint density at radius 1 is 1.30 bits per heavy atom. The highest BCUT2D eigenvalue weighted by atomic mass is 19.4. The van der Waals surface area contributed by atoms with Gasteiger partial charge in [0, 0.05) is 0 Å². The number of halogens is 3. The highest BCUT2D eigenvalue weighted by Crippen LogP contribution is 2.41. The van der Waals surface area contributed by atoms with Crippen molar-refractivity contribution in [3.63, 3.8) is 0 Å². The predicted molar refractivity (Wildman–Crippen MR) is 75.9 cm³/mol. The van der Waals surface area contributed by atoms with Crippen molar-refractivity contribution in [3.8, 4) is 5.75 Å². The minimum atomic E-state index is -4.77. The molecule has 23 heavy (non-hydrogen) atoms. The van der Waals surface area contributed by atoms with Crippen LogP contribution in [0.5, 0.6) is 5.75 Å². The first kappa shape index (κ1) is 17.6. The van der Waals surface area contributed by atoms with Crippen LogP contribution in [0.25, 0.3) is 0 Å². The first-order valence-electron chi connectivity index (χ1n) is 7.51. The second kappa shape index (κ2) is 6.78. The van der Waals surface area contributed by atoms with Crippen molar-refractivity contribution in [1.82, 2.24) is 0 Å². The summed E-state index contributed by atoms with van der Waals surface area (Å²) in [6, 6.07) is 5.05. The molecule has 0 spiro atoms. The van der Waals surface area contributed by atoms with Crippen molar-refractivity contribution >= 4 is 5.97 Å². The van der Waals surface area contributed by atoms with Crippen LogP contribution in [0.15, 0.2) is 24.3 Å². The standard InChI is InChI=1S/C16H19F3O4/c1-2-22-14(21)15(10-4-3-5-13(15)20)11-6-8-12(9-7-11)23-16(17,18)19/h6-9,13,20H,2-5,10H2,1H3/t13-,15+/m1/s1. The van der Waals surface area contributed by atoms with Gasteiger partial charge in [0.2, 0.25) is 0 Å². The number of aliphatic hydroxyl groups is 1. The lowest BCUT2D eigenvalue weighted by Gasteiger charge is -2.39. The Morgan fingerprint density at radius 3 is 2.48 bits per heavy atom. The van der Waals surface area contributed by atoms with E-state index in [-0.39, 0.29) is 12.4 Å². The van der Waals surface area contributed by atoms with Gasteiger partial charge in [-0.1, -0.05) is 25.0 Å². The van der Waals surface area contributed by atoms with Crippen LogP contribution in [0.2, 0.25) is 0 Å². The summed E-state index contributed by atoms with van der Waals surface area (Å²) in [5.74, 6) is -0.915. The normalized spacial score (nSPS) is 25.0. The Kier molecular flexibility index (Phi) is 5.19. The van der Waals surface area contributed by atoms with Gasteiger partial charge in [0.05, 0.1) is 12.7 Å². The first-order chi connectivity index (χ1) is 10.8. The van der Waals surface area contributed by atoms with Gasteiger partial charge in [0.1, 0.15) is 11.2 Å². The van der Waals surface area contributed by atoms with E-state index in [1.165, 1.54) is 12.1 Å². The fraction of sp³-hybridized carbons (Fsp3) is 0.562. The van der Waals surface area contributed by atoms with Crippen LogP contribution >= 0.6 is 0 Å². The van der Waals surface area contributed by atoms with Crippen molar-refractivity contribution in [2.24, 2.45) is 0 Å². The van der Waals surface area contributed by atoms with Crippen LogP contribution < -0.4 is 4.74 Å². The van der Waals surface area contributed by atoms with Gasteiger partial charge in [-0.15, -0.1) is 13.2 Å². The Labute approximate surface area is 132 Å². The number of carbonyl (C=O) groups excluding carboxylic acids is 1. The van der Waals surface area contributed by atoms with Crippen LogP contribution in [0.3, 0.4) is 0 Å². The predicted octanol–water partition coefficient (Wildman–Crippen LogP) is 3.32. The minimum absolute atomic E-state index is 0.169. The van der Waals surface area contributed by atoms with Gasteiger partial charge >= 0.3 is 12.3 Å². The summed E-state index contributed by atoms with van der Waals surface area (Å²) < 4.78 is 45.6. The maximum atomic E-state index is 12.5. The Bertz CT molecular complexity index is 541. The number of hydrogen-bond donors (Lipinski definition) is 1. The van der Waals surface area contributed by atoms with E-state index < -0.39 is 23.9 Å². The van der Waals surface area contributed by atoms with E-state index in [1.54, 1.807) is 6.92 Å². The molecule has 1 aliphatic carbocycles. The molecular formula is C16H19F3O4. The van der Waals surface area contributed by atoms with Crippen LogP contribution in [0, 0.1) is 0 Å². The number of esters is 1. The molecule has 2 atom stereocenters. The van der Waals surface area contributed by atoms with Crippen LogP contribution in [0.1, 0.15) is 38.2 Å². The Hall–Kier alpha value is -1.76. The molecule has 0 radical (unpaired) electrons. The molecule has 0 unspecified atom stereocenters. The molecule has 7 heteroatoms. The van der Waals surface area contributed by atoms with Crippen molar-refractivity contribution in [1.29, 1.82) is 0 Å². The molecule has 0 heterocycles. The number of rotatable bonds is 4. The maximum Gasteiger partial charge on any atom is 0.573 e. The smallest absolute Gasteiger partial charge is 0.465 e. The number of ether oxygens (including phenoxy) is 2. The summed E-state index contributed by atoms with van der Waals surface area (Å²) >= 11 is 0. The molecule has 0 saturated heterocycles. The quantitative estimate of drug-likeness (QED) is 0.860. The van der Waals surface area contributed by atoms with E-state index in [2.05, 4.69) is 4.74 Å². The number of carbonyl (C=O) groups is 1. The second-order valence-corrected chi connectivity index (χ2v) is 5.53. The van der Waals surface area contributed by atoms with E-state index in [0.717, 1.165) is 25.0 Å². The average Bonchev–Trinajstić information content (AvgIpc) is 2.47. The van der Waals surface area contributed by atoms with E-state index in [9.17, 15) is 23.1 Å². The number of aliphatic hydroxyl groups excluding tert-OH is 1. The van der Waals surface area contributed by atoms with E-state index in [4.69, 9.17) is 4.74 Å². The lowest BCUT2D eigenvalue weighted by Crippen LogP contribution is -2.49. The van der Waals surface area contributed by atoms with Crippen LogP contribution in [-0.2, 0) is 14.9 Å². The third-order valence-electron chi connectivity index (χ3n) is 4.11. The lowest BCUT2D eigenvalue weighted by atomic mass is 9.67. The van der Waals surface area contributed by atoms with Crippen molar-refractivity contribution in [2.75, 3.05) is 6.61 Å². The fourth-order valence-corrected chi connectivity index (χ4v) is 3.06. The van der Waals surface area contributed by atoms with E-state index >= 15 is 0 Å². The molecular weight excluding hydrogens is 313 g/mol. The highest BCUT2D eigenvalue weighted by molar-refractivity contribution is 5.84. The van der Waals surface area contributed by atoms with Crippen LogP contribution in [0.4, 0.5) is 13.2 Å². The molecule has 4 nitrogen and oxygen atoms in total. The average molecular weight is 332 g/mol. The monoisotopic (exact) mass is 332 g/mol. The van der Waals surface area contributed by atoms with Gasteiger partial charge < -0.3 is 14.6 Å². The van der Waals surface area contributed by atoms with E-state index in [1.807, 2.05) is 0 Å². The third-order valence-corrected chi connectivity index (χ3v) is 4.11. The zero-order valence-electron chi connectivity index (χ0n) is 12.7. The van der Waals surface area contributed by atoms with Gasteiger partial charge in [-0.2, -0.15) is 0 Å². The first-order valence-corrected chi connectivity index (χ1v) is 7.51. The molecule has 1 fully saturated rings. The summed E-state index contributed by atoms with van der Waals surface area (Å²) in [5, 5.41) is 10.4. The summed E-state index contributed by atoms with van der Waals surface area (Å²) in [4.78, 5) is 12.5. The van der Waals surface area contributed by atoms with Gasteiger partial charge in [-0.3, -0.25) is 4.79 Å². The minimum Gasteiger partial charge on any atom is -0.465 e. The molecule has 0 aliphatic heterocycles. The Morgan fingerprint density at radius 2 is 1.96 bits per heavy atom. The Balaban J connectivity index is 2.34. The molecule has 0 amide bonds. The molecule has 0 aromatic heterocycles. The fourth-order valence-electron chi connectivity index (χ4n) is 3.06. The summed E-state index contributed by atoms with van der Waals surface area (Å²) in [6.45, 7) is 1.84. The molecule has 2 rings (SSSR count). The number of benzene rings is 1. The topological polar surface area (TPSA) is 55.8 Å². The van der Waals surface area contributed by atoms with Gasteiger partial charge in [0.25, 0.3) is 0 Å².